The van der Waals surface area contributed by atoms with E-state index in [1.54, 1.807) is 19.2 Å². The van der Waals surface area contributed by atoms with E-state index in [0.717, 1.165) is 36.1 Å². The summed E-state index contributed by atoms with van der Waals surface area (Å²) in [4.78, 5) is 19.4. The third-order valence-electron chi connectivity index (χ3n) is 6.61. The maximum Gasteiger partial charge on any atom is 0.256 e. The summed E-state index contributed by atoms with van der Waals surface area (Å²) in [6.45, 7) is 1.79. The molecule has 2 aliphatic heterocycles. The molecule has 1 saturated heterocycles. The molecule has 0 saturated carbocycles. The number of methoxy groups -OCH3 is 1. The van der Waals surface area contributed by atoms with Crippen molar-refractivity contribution in [2.75, 3.05) is 33.5 Å². The van der Waals surface area contributed by atoms with E-state index in [4.69, 9.17) is 14.2 Å². The van der Waals surface area contributed by atoms with Gasteiger partial charge in [-0.25, -0.2) is 0 Å². The summed E-state index contributed by atoms with van der Waals surface area (Å²) < 4.78 is 17.0. The molecule has 0 aromatic heterocycles. The van der Waals surface area contributed by atoms with E-state index < -0.39 is 0 Å². The van der Waals surface area contributed by atoms with Gasteiger partial charge >= 0.3 is 0 Å². The Bertz CT molecular complexity index is 1540. The van der Waals surface area contributed by atoms with Crippen LogP contribution < -0.4 is 9.47 Å². The van der Waals surface area contributed by atoms with Gasteiger partial charge in [-0.3, -0.25) is 9.79 Å². The molecule has 2 heterocycles. The molecule has 5 rings (SSSR count). The molecule has 1 fully saturated rings. The zero-order valence-electron chi connectivity index (χ0n) is 22.4. The van der Waals surface area contributed by atoms with Crippen LogP contribution in [-0.2, 0) is 4.74 Å². The lowest BCUT2D eigenvalue weighted by Crippen LogP contribution is -2.35. The molecule has 3 aromatic carbocycles. The molecule has 6 heteroatoms. The summed E-state index contributed by atoms with van der Waals surface area (Å²) >= 11 is 0. The molecule has 0 bridgehead atoms. The van der Waals surface area contributed by atoms with Crippen LogP contribution in [0.2, 0.25) is 0 Å². The lowest BCUT2D eigenvalue weighted by molar-refractivity contribution is 0.0774. The molecular weight excluding hydrogens is 500 g/mol. The van der Waals surface area contributed by atoms with Crippen molar-refractivity contribution >= 4 is 17.8 Å². The number of hydrogen-bond acceptors (Lipinski definition) is 5. The van der Waals surface area contributed by atoms with Crippen LogP contribution in [0.5, 0.6) is 11.5 Å². The fraction of sp³-hybridized carbons (Fsp3) is 0.235. The summed E-state index contributed by atoms with van der Waals surface area (Å²) in [5.41, 5.74) is 3.88. The summed E-state index contributed by atoms with van der Waals surface area (Å²) in [5.74, 6) is 13.6. The first-order valence-corrected chi connectivity index (χ1v) is 13.3. The minimum atomic E-state index is -0.0106. The molecule has 0 N–H and O–H groups in total. The third kappa shape index (κ3) is 6.61. The number of fused-ring (bicyclic) bond motifs is 2. The van der Waals surface area contributed by atoms with Crippen molar-refractivity contribution in [3.63, 3.8) is 0 Å². The number of amides is 1. The number of nitrogens with zero attached hydrogens (tertiary/aromatic N) is 2. The smallest absolute Gasteiger partial charge is 0.256 e. The Morgan fingerprint density at radius 1 is 0.950 bits per heavy atom. The van der Waals surface area contributed by atoms with Crippen LogP contribution in [-0.4, -0.2) is 56.5 Å². The van der Waals surface area contributed by atoms with Gasteiger partial charge in [0.15, 0.2) is 11.5 Å². The standard InChI is InChI=1S/C34H30N2O4/c1-38-32-23-30-31(35-25-29-16-9-19-36(29)34(30)37)24-33(32)40-22-8-7-20-39-21-10-15-27-13-5-6-14-28(27)18-17-26-11-3-2-4-12-26/h2-8,11-14,23-25,29H,9,16,19-22H2,1H3/b8-7+/t29-/m0/s1. The number of aliphatic imine (C=N–C) groups is 1. The molecule has 200 valence electrons. The Morgan fingerprint density at radius 3 is 2.55 bits per heavy atom. The van der Waals surface area contributed by atoms with Gasteiger partial charge < -0.3 is 19.1 Å². The van der Waals surface area contributed by atoms with Crippen LogP contribution in [0.3, 0.4) is 0 Å². The van der Waals surface area contributed by atoms with Gasteiger partial charge in [0.05, 0.1) is 31.0 Å². The van der Waals surface area contributed by atoms with Crippen LogP contribution in [0, 0.1) is 23.7 Å². The van der Waals surface area contributed by atoms with Gasteiger partial charge in [0.25, 0.3) is 5.91 Å². The Balaban J connectivity index is 1.11. The molecule has 0 unspecified atom stereocenters. The molecule has 1 amide bonds. The van der Waals surface area contributed by atoms with Crippen molar-refractivity contribution in [2.45, 2.75) is 18.9 Å². The van der Waals surface area contributed by atoms with Crippen LogP contribution in [0.4, 0.5) is 5.69 Å². The quantitative estimate of drug-likeness (QED) is 0.233. The first-order chi connectivity index (χ1) is 19.7. The zero-order valence-corrected chi connectivity index (χ0v) is 22.4. The fourth-order valence-corrected chi connectivity index (χ4v) is 4.57. The van der Waals surface area contributed by atoms with E-state index >= 15 is 0 Å². The molecule has 0 radical (unpaired) electrons. The second-order valence-corrected chi connectivity index (χ2v) is 9.27. The molecule has 0 aliphatic carbocycles. The number of carbonyl (C=O) groups excluding carboxylic acids is 1. The van der Waals surface area contributed by atoms with Crippen molar-refractivity contribution in [3.05, 3.63) is 101 Å². The van der Waals surface area contributed by atoms with Gasteiger partial charge in [0.1, 0.15) is 13.2 Å². The fourth-order valence-electron chi connectivity index (χ4n) is 4.57. The lowest BCUT2D eigenvalue weighted by Gasteiger charge is -2.20. The highest BCUT2D eigenvalue weighted by Crippen LogP contribution is 2.38. The maximum atomic E-state index is 13.0. The van der Waals surface area contributed by atoms with Crippen LogP contribution in [0.15, 0.2) is 83.9 Å². The molecule has 40 heavy (non-hydrogen) atoms. The van der Waals surface area contributed by atoms with Gasteiger partial charge in [-0.1, -0.05) is 60.1 Å². The van der Waals surface area contributed by atoms with Gasteiger partial charge in [-0.2, -0.15) is 0 Å². The summed E-state index contributed by atoms with van der Waals surface area (Å²) in [5, 5.41) is 0. The molecular formula is C34H30N2O4. The molecule has 2 aliphatic rings. The van der Waals surface area contributed by atoms with E-state index in [9.17, 15) is 4.79 Å². The van der Waals surface area contributed by atoms with Crippen molar-refractivity contribution in [2.24, 2.45) is 4.99 Å². The minimum absolute atomic E-state index is 0.0106. The predicted octanol–water partition coefficient (Wildman–Crippen LogP) is 5.42. The SMILES string of the molecule is COc1cc2c(cc1OC/C=C/COCC#Cc1ccccc1C#Cc1ccccc1)N=C[C@@H]1CCCN1C2=O. The average molecular weight is 531 g/mol. The van der Waals surface area contributed by atoms with E-state index in [2.05, 4.69) is 28.7 Å². The Morgan fingerprint density at radius 2 is 1.73 bits per heavy atom. The number of carbonyl (C=O) groups is 1. The maximum absolute atomic E-state index is 13.0. The van der Waals surface area contributed by atoms with E-state index in [-0.39, 0.29) is 11.9 Å². The molecule has 1 atom stereocenters. The largest absolute Gasteiger partial charge is 0.493 e. The zero-order chi connectivity index (χ0) is 27.6. The van der Waals surface area contributed by atoms with Crippen molar-refractivity contribution in [1.82, 2.24) is 4.90 Å². The van der Waals surface area contributed by atoms with Crippen molar-refractivity contribution < 1.29 is 19.0 Å². The first kappa shape index (κ1) is 26.8. The van der Waals surface area contributed by atoms with E-state index in [1.807, 2.05) is 77.9 Å². The van der Waals surface area contributed by atoms with Crippen LogP contribution >= 0.6 is 0 Å². The summed E-state index contributed by atoms with van der Waals surface area (Å²) in [6, 6.07) is 21.3. The predicted molar refractivity (Wildman–Crippen MR) is 156 cm³/mol. The van der Waals surface area contributed by atoms with Crippen molar-refractivity contribution in [3.8, 4) is 35.2 Å². The second-order valence-electron chi connectivity index (χ2n) is 9.27. The summed E-state index contributed by atoms with van der Waals surface area (Å²) in [6.07, 6.45) is 7.56. The topological polar surface area (TPSA) is 60.4 Å². The monoisotopic (exact) mass is 530 g/mol. The van der Waals surface area contributed by atoms with Crippen LogP contribution in [0.25, 0.3) is 0 Å². The van der Waals surface area contributed by atoms with Gasteiger partial charge in [0, 0.05) is 35.5 Å². The third-order valence-corrected chi connectivity index (χ3v) is 6.61. The number of benzene rings is 3. The molecule has 3 aromatic rings. The Kier molecular flexibility index (Phi) is 8.94. The van der Waals surface area contributed by atoms with Gasteiger partial charge in [-0.15, -0.1) is 0 Å². The highest BCUT2D eigenvalue weighted by Gasteiger charge is 2.32. The second kappa shape index (κ2) is 13.3. The normalized spacial score (nSPS) is 15.4. The van der Waals surface area contributed by atoms with Crippen LogP contribution in [0.1, 0.15) is 39.9 Å². The first-order valence-electron chi connectivity index (χ1n) is 13.3. The number of ether oxygens (including phenoxy) is 3. The highest BCUT2D eigenvalue weighted by atomic mass is 16.5. The average Bonchev–Trinajstić information content (AvgIpc) is 3.43. The van der Waals surface area contributed by atoms with Gasteiger partial charge in [-0.05, 0) is 49.2 Å². The highest BCUT2D eigenvalue weighted by molar-refractivity contribution is 6.03. The summed E-state index contributed by atoms with van der Waals surface area (Å²) in [7, 11) is 1.57. The number of rotatable bonds is 7. The Hall–Kier alpha value is -4.78. The molecule has 0 spiro atoms. The number of hydrogen-bond donors (Lipinski definition) is 0. The lowest BCUT2D eigenvalue weighted by atomic mass is 10.1. The molecule has 6 nitrogen and oxygen atoms in total. The Labute approximate surface area is 235 Å². The van der Waals surface area contributed by atoms with E-state index in [0.29, 0.717) is 42.6 Å². The van der Waals surface area contributed by atoms with Gasteiger partial charge in [0.2, 0.25) is 0 Å². The van der Waals surface area contributed by atoms with E-state index in [1.165, 1.54) is 0 Å². The minimum Gasteiger partial charge on any atom is -0.493 e. The van der Waals surface area contributed by atoms with Crippen molar-refractivity contribution in [1.29, 1.82) is 0 Å².